The SMILES string of the molecule is CC(CCCN=C1CCCCC1)CN=C1CCCCC1. The maximum atomic E-state index is 4.83. The number of hydrogen-bond acceptors (Lipinski definition) is 2. The van der Waals surface area contributed by atoms with Crippen LogP contribution in [0.25, 0.3) is 0 Å². The average Bonchev–Trinajstić information content (AvgIpc) is 2.52. The molecule has 0 saturated heterocycles. The minimum absolute atomic E-state index is 0.732. The molecule has 1 unspecified atom stereocenters. The summed E-state index contributed by atoms with van der Waals surface area (Å²) in [6, 6.07) is 0. The van der Waals surface area contributed by atoms with Crippen LogP contribution in [0.5, 0.6) is 0 Å². The zero-order chi connectivity index (χ0) is 14.0. The Morgan fingerprint density at radius 1 is 0.800 bits per heavy atom. The molecule has 2 saturated carbocycles. The number of aliphatic imine (C=N–C) groups is 2. The van der Waals surface area contributed by atoms with Crippen LogP contribution >= 0.6 is 0 Å². The maximum Gasteiger partial charge on any atom is 0.0414 e. The summed E-state index contributed by atoms with van der Waals surface area (Å²) >= 11 is 0. The van der Waals surface area contributed by atoms with Crippen molar-refractivity contribution in [2.75, 3.05) is 13.1 Å². The molecule has 0 bridgehead atoms. The highest BCUT2D eigenvalue weighted by Crippen LogP contribution is 2.17. The summed E-state index contributed by atoms with van der Waals surface area (Å²) in [5, 5.41) is 0. The molecule has 114 valence electrons. The lowest BCUT2D eigenvalue weighted by Gasteiger charge is -2.14. The molecule has 1 atom stereocenters. The van der Waals surface area contributed by atoms with Crippen LogP contribution in [0.15, 0.2) is 9.98 Å². The van der Waals surface area contributed by atoms with Crippen molar-refractivity contribution in [3.8, 4) is 0 Å². The van der Waals surface area contributed by atoms with Gasteiger partial charge in [0.15, 0.2) is 0 Å². The minimum Gasteiger partial charge on any atom is -0.294 e. The zero-order valence-corrected chi connectivity index (χ0v) is 13.4. The van der Waals surface area contributed by atoms with Gasteiger partial charge in [0.25, 0.3) is 0 Å². The van der Waals surface area contributed by atoms with Gasteiger partial charge >= 0.3 is 0 Å². The van der Waals surface area contributed by atoms with Crippen molar-refractivity contribution in [1.82, 2.24) is 0 Å². The Hall–Kier alpha value is -0.660. The van der Waals surface area contributed by atoms with Gasteiger partial charge in [-0.05, 0) is 70.1 Å². The van der Waals surface area contributed by atoms with Gasteiger partial charge in [0.1, 0.15) is 0 Å². The Morgan fingerprint density at radius 3 is 1.95 bits per heavy atom. The summed E-state index contributed by atoms with van der Waals surface area (Å²) in [7, 11) is 0. The Bertz CT molecular complexity index is 314. The third kappa shape index (κ3) is 6.19. The smallest absolute Gasteiger partial charge is 0.0414 e. The summed E-state index contributed by atoms with van der Waals surface area (Å²) < 4.78 is 0. The van der Waals surface area contributed by atoms with E-state index in [2.05, 4.69) is 6.92 Å². The molecule has 0 amide bonds. The lowest BCUT2D eigenvalue weighted by molar-refractivity contribution is 0.522. The van der Waals surface area contributed by atoms with E-state index in [-0.39, 0.29) is 0 Å². The highest BCUT2D eigenvalue weighted by atomic mass is 14.7. The van der Waals surface area contributed by atoms with Crippen LogP contribution in [-0.4, -0.2) is 24.5 Å². The lowest BCUT2D eigenvalue weighted by Crippen LogP contribution is -2.09. The molecule has 20 heavy (non-hydrogen) atoms. The Balaban J connectivity index is 1.56. The zero-order valence-electron chi connectivity index (χ0n) is 13.4. The molecule has 0 aromatic heterocycles. The molecular weight excluding hydrogens is 244 g/mol. The molecule has 2 nitrogen and oxygen atoms in total. The fourth-order valence-electron chi connectivity index (χ4n) is 3.29. The summed E-state index contributed by atoms with van der Waals surface area (Å²) in [6.45, 7) is 4.45. The molecular formula is C18H32N2. The Kier molecular flexibility index (Phi) is 7.32. The molecule has 0 radical (unpaired) electrons. The predicted octanol–water partition coefficient (Wildman–Crippen LogP) is 5.21. The number of rotatable bonds is 6. The molecule has 2 fully saturated rings. The van der Waals surface area contributed by atoms with Gasteiger partial charge in [0.05, 0.1) is 0 Å². The van der Waals surface area contributed by atoms with E-state index in [9.17, 15) is 0 Å². The third-order valence-electron chi connectivity index (χ3n) is 4.68. The third-order valence-corrected chi connectivity index (χ3v) is 4.68. The van der Waals surface area contributed by atoms with Gasteiger partial charge < -0.3 is 0 Å². The molecule has 2 heteroatoms. The largest absolute Gasteiger partial charge is 0.294 e. The normalized spacial score (nSPS) is 21.6. The summed E-state index contributed by atoms with van der Waals surface area (Å²) in [4.78, 5) is 9.62. The van der Waals surface area contributed by atoms with Crippen LogP contribution in [0.1, 0.15) is 84.0 Å². The first-order chi connectivity index (χ1) is 9.84. The van der Waals surface area contributed by atoms with Crippen LogP contribution in [0.4, 0.5) is 0 Å². The standard InChI is InChI=1S/C18H32N2/c1-16(15-20-18-12-6-3-7-13-18)9-8-14-19-17-10-4-2-5-11-17/h16H,2-15H2,1H3. The van der Waals surface area contributed by atoms with E-state index in [1.807, 2.05) is 0 Å². The molecule has 0 spiro atoms. The lowest BCUT2D eigenvalue weighted by atomic mass is 9.98. The quantitative estimate of drug-likeness (QED) is 0.595. The van der Waals surface area contributed by atoms with Gasteiger partial charge in [-0.25, -0.2) is 0 Å². The van der Waals surface area contributed by atoms with E-state index in [1.165, 1.54) is 88.5 Å². The molecule has 0 aromatic rings. The maximum absolute atomic E-state index is 4.83. The van der Waals surface area contributed by atoms with Gasteiger partial charge in [-0.3, -0.25) is 9.98 Å². The fourth-order valence-corrected chi connectivity index (χ4v) is 3.29. The van der Waals surface area contributed by atoms with Crippen LogP contribution in [0.2, 0.25) is 0 Å². The average molecular weight is 276 g/mol. The van der Waals surface area contributed by atoms with Gasteiger partial charge in [-0.2, -0.15) is 0 Å². The summed E-state index contributed by atoms with van der Waals surface area (Å²) in [6.07, 6.45) is 15.9. The summed E-state index contributed by atoms with van der Waals surface area (Å²) in [5.74, 6) is 0.732. The molecule has 2 aliphatic rings. The van der Waals surface area contributed by atoms with E-state index in [0.29, 0.717) is 0 Å². The van der Waals surface area contributed by atoms with Crippen LogP contribution in [0.3, 0.4) is 0 Å². The van der Waals surface area contributed by atoms with Crippen molar-refractivity contribution in [2.24, 2.45) is 15.9 Å². The molecule has 0 N–H and O–H groups in total. The van der Waals surface area contributed by atoms with Crippen LogP contribution < -0.4 is 0 Å². The first kappa shape index (κ1) is 15.7. The fraction of sp³-hybridized carbons (Fsp3) is 0.889. The van der Waals surface area contributed by atoms with E-state index in [1.54, 1.807) is 0 Å². The molecule has 2 aliphatic carbocycles. The first-order valence-electron chi connectivity index (χ1n) is 8.89. The van der Waals surface area contributed by atoms with Gasteiger partial charge in [-0.1, -0.05) is 19.8 Å². The summed E-state index contributed by atoms with van der Waals surface area (Å²) in [5.41, 5.74) is 2.98. The topological polar surface area (TPSA) is 24.7 Å². The van der Waals surface area contributed by atoms with Crippen LogP contribution in [0, 0.1) is 5.92 Å². The van der Waals surface area contributed by atoms with Crippen molar-refractivity contribution < 1.29 is 0 Å². The van der Waals surface area contributed by atoms with Crippen molar-refractivity contribution >= 4 is 11.4 Å². The molecule has 0 heterocycles. The first-order valence-corrected chi connectivity index (χ1v) is 8.89. The monoisotopic (exact) mass is 276 g/mol. The van der Waals surface area contributed by atoms with Crippen molar-refractivity contribution in [1.29, 1.82) is 0 Å². The highest BCUT2D eigenvalue weighted by molar-refractivity contribution is 5.85. The second-order valence-corrected chi connectivity index (χ2v) is 6.72. The highest BCUT2D eigenvalue weighted by Gasteiger charge is 2.08. The van der Waals surface area contributed by atoms with Crippen molar-refractivity contribution in [2.45, 2.75) is 84.0 Å². The Morgan fingerprint density at radius 2 is 1.35 bits per heavy atom. The van der Waals surface area contributed by atoms with E-state index < -0.39 is 0 Å². The number of nitrogens with zero attached hydrogens (tertiary/aromatic N) is 2. The van der Waals surface area contributed by atoms with Gasteiger partial charge in [-0.15, -0.1) is 0 Å². The molecule has 2 rings (SSSR count). The minimum atomic E-state index is 0.732. The van der Waals surface area contributed by atoms with Crippen molar-refractivity contribution in [3.05, 3.63) is 0 Å². The molecule has 0 aliphatic heterocycles. The van der Waals surface area contributed by atoms with E-state index in [4.69, 9.17) is 9.98 Å². The van der Waals surface area contributed by atoms with E-state index >= 15 is 0 Å². The van der Waals surface area contributed by atoms with Crippen molar-refractivity contribution in [3.63, 3.8) is 0 Å². The predicted molar refractivity (Wildman–Crippen MR) is 89.2 cm³/mol. The van der Waals surface area contributed by atoms with Gasteiger partial charge in [0, 0.05) is 24.5 Å². The second-order valence-electron chi connectivity index (χ2n) is 6.72. The van der Waals surface area contributed by atoms with E-state index in [0.717, 1.165) is 19.0 Å². The van der Waals surface area contributed by atoms with Gasteiger partial charge in [0.2, 0.25) is 0 Å². The van der Waals surface area contributed by atoms with Crippen LogP contribution in [-0.2, 0) is 0 Å². The Labute approximate surface area is 125 Å². The second kappa shape index (κ2) is 9.31. The molecule has 0 aromatic carbocycles. The number of hydrogen-bond donors (Lipinski definition) is 0.